The maximum absolute atomic E-state index is 14.4. The maximum Gasteiger partial charge on any atom is 0.248 e. The minimum absolute atomic E-state index is 0.0388. The lowest BCUT2D eigenvalue weighted by Crippen LogP contribution is -2.61. The van der Waals surface area contributed by atoms with Gasteiger partial charge in [-0.3, -0.25) is 33.6 Å². The van der Waals surface area contributed by atoms with Gasteiger partial charge in [-0.15, -0.1) is 0 Å². The number of aliphatic hydroxyl groups is 1. The monoisotopic (exact) mass is 798 g/mol. The molecule has 310 valence electrons. The van der Waals surface area contributed by atoms with E-state index in [1.165, 1.54) is 16.7 Å². The molecule has 0 radical (unpaired) electrons. The van der Waals surface area contributed by atoms with Gasteiger partial charge in [0, 0.05) is 43.0 Å². The van der Waals surface area contributed by atoms with E-state index in [4.69, 9.17) is 0 Å². The molecule has 16 nitrogen and oxygen atoms in total. The van der Waals surface area contributed by atoms with Gasteiger partial charge in [-0.2, -0.15) is 0 Å². The molecule has 3 aliphatic rings. The van der Waals surface area contributed by atoms with Crippen LogP contribution in [0.4, 0.5) is 0 Å². The average Bonchev–Trinajstić information content (AvgIpc) is 3.98. The second-order valence-electron chi connectivity index (χ2n) is 15.9. The lowest BCUT2D eigenvalue weighted by molar-refractivity contribution is -0.144. The van der Waals surface area contributed by atoms with Crippen molar-refractivity contribution in [3.63, 3.8) is 0 Å². The number of aromatic nitrogens is 1. The molecule has 0 aliphatic carbocycles. The zero-order chi connectivity index (χ0) is 41.5. The molecule has 7 amide bonds. The first kappa shape index (κ1) is 41.9. The highest BCUT2D eigenvalue weighted by Gasteiger charge is 2.42. The Morgan fingerprint density at radius 2 is 1.29 bits per heavy atom. The third-order valence-corrected chi connectivity index (χ3v) is 11.1. The summed E-state index contributed by atoms with van der Waals surface area (Å²) in [5.41, 5.74) is 2.33. The molecule has 0 spiro atoms. The molecule has 16 heteroatoms. The van der Waals surface area contributed by atoms with E-state index >= 15 is 0 Å². The van der Waals surface area contributed by atoms with Crippen molar-refractivity contribution in [3.8, 4) is 0 Å². The van der Waals surface area contributed by atoms with Crippen LogP contribution < -0.4 is 26.6 Å². The van der Waals surface area contributed by atoms with Crippen LogP contribution in [-0.2, 0) is 46.4 Å². The van der Waals surface area contributed by atoms with Gasteiger partial charge in [-0.1, -0.05) is 62.4 Å². The van der Waals surface area contributed by atoms with Gasteiger partial charge >= 0.3 is 0 Å². The normalized spacial score (nSPS) is 26.3. The van der Waals surface area contributed by atoms with E-state index in [9.17, 15) is 38.7 Å². The molecule has 7 atom stereocenters. The largest absolute Gasteiger partial charge is 0.391 e. The van der Waals surface area contributed by atoms with E-state index in [1.54, 1.807) is 6.20 Å². The van der Waals surface area contributed by atoms with Crippen molar-refractivity contribution in [3.05, 3.63) is 71.9 Å². The van der Waals surface area contributed by atoms with Gasteiger partial charge in [-0.05, 0) is 62.1 Å². The highest BCUT2D eigenvalue weighted by atomic mass is 16.3. The van der Waals surface area contributed by atoms with Crippen LogP contribution in [0.5, 0.6) is 0 Å². The molecule has 4 heterocycles. The Balaban J connectivity index is 1.36. The fourth-order valence-electron chi connectivity index (χ4n) is 8.18. The number of para-hydroxylation sites is 1. The molecule has 58 heavy (non-hydrogen) atoms. The summed E-state index contributed by atoms with van der Waals surface area (Å²) in [5.74, 6) is -4.48. The Hall–Kier alpha value is -5.77. The Morgan fingerprint density at radius 3 is 1.98 bits per heavy atom. The Labute approximate surface area is 337 Å². The number of hydrogen-bond donors (Lipinski definition) is 7. The van der Waals surface area contributed by atoms with E-state index < -0.39 is 90.3 Å². The van der Waals surface area contributed by atoms with E-state index in [2.05, 4.69) is 31.6 Å². The maximum atomic E-state index is 14.4. The summed E-state index contributed by atoms with van der Waals surface area (Å²) in [6.45, 7) is 5.00. The minimum Gasteiger partial charge on any atom is -0.391 e. The van der Waals surface area contributed by atoms with Crippen molar-refractivity contribution in [1.29, 1.82) is 0 Å². The van der Waals surface area contributed by atoms with Crippen LogP contribution in [0.15, 0.2) is 60.8 Å². The Morgan fingerprint density at radius 1 is 0.672 bits per heavy atom. The van der Waals surface area contributed by atoms with Crippen molar-refractivity contribution < 1.29 is 38.7 Å². The first-order valence-electron chi connectivity index (χ1n) is 20.2. The summed E-state index contributed by atoms with van der Waals surface area (Å²) in [7, 11) is 0. The molecular weight excluding hydrogens is 745 g/mol. The summed E-state index contributed by atoms with van der Waals surface area (Å²) in [4.78, 5) is 104. The van der Waals surface area contributed by atoms with Crippen molar-refractivity contribution >= 4 is 52.3 Å². The van der Waals surface area contributed by atoms with Crippen LogP contribution in [0.25, 0.3) is 10.9 Å². The van der Waals surface area contributed by atoms with Gasteiger partial charge in [0.05, 0.1) is 12.6 Å². The average molecular weight is 799 g/mol. The number of aromatic amines is 1. The zero-order valence-corrected chi connectivity index (χ0v) is 33.2. The van der Waals surface area contributed by atoms with E-state index in [0.717, 1.165) is 22.0 Å². The minimum atomic E-state index is -1.45. The summed E-state index contributed by atoms with van der Waals surface area (Å²) in [6.07, 6.45) is 2.27. The number of nitrogens with one attached hydrogen (secondary N) is 6. The molecule has 0 bridgehead atoms. The third kappa shape index (κ3) is 9.84. The summed E-state index contributed by atoms with van der Waals surface area (Å²) >= 11 is 0. The summed E-state index contributed by atoms with van der Waals surface area (Å²) in [6, 6.07) is 9.75. The quantitative estimate of drug-likeness (QED) is 0.177. The number of carbonyl (C=O) groups is 7. The van der Waals surface area contributed by atoms with Gasteiger partial charge in [0.15, 0.2) is 0 Å². The smallest absolute Gasteiger partial charge is 0.248 e. The summed E-state index contributed by atoms with van der Waals surface area (Å²) < 4.78 is 0. The predicted molar refractivity (Wildman–Crippen MR) is 213 cm³/mol. The Kier molecular flexibility index (Phi) is 13.5. The van der Waals surface area contributed by atoms with E-state index in [1.807, 2.05) is 68.4 Å². The fourth-order valence-corrected chi connectivity index (χ4v) is 8.18. The van der Waals surface area contributed by atoms with Crippen molar-refractivity contribution in [1.82, 2.24) is 41.4 Å². The van der Waals surface area contributed by atoms with Crippen molar-refractivity contribution in [2.75, 3.05) is 19.6 Å². The number of nitrogens with zero attached hydrogens (tertiary/aromatic N) is 2. The predicted octanol–water partition coefficient (Wildman–Crippen LogP) is 0.431. The number of carbonyl (C=O) groups excluding carboxylic acids is 7. The molecule has 7 unspecified atom stereocenters. The number of H-pyrrole nitrogens is 1. The SMILES string of the molecule is CC(C)CC1NC(=O)C(Cc2c[nH]c3ccccc23)NC(=O)C2CCCN2C(=O)C(Cc2ccccc2)NC(=O)CNC(=O)C2CCCN2C(=O)C(C(C)O)NC1=O. The summed E-state index contributed by atoms with van der Waals surface area (Å²) in [5, 5.41) is 25.3. The molecule has 7 N–H and O–H groups in total. The molecule has 2 aromatic carbocycles. The lowest BCUT2D eigenvalue weighted by atomic mass is 9.99. The molecule has 6 rings (SSSR count). The fraction of sp³-hybridized carbons (Fsp3) is 0.500. The molecule has 3 aromatic rings. The van der Waals surface area contributed by atoms with Gasteiger partial charge in [0.1, 0.15) is 36.3 Å². The zero-order valence-electron chi connectivity index (χ0n) is 33.2. The van der Waals surface area contributed by atoms with Crippen LogP contribution in [0.1, 0.15) is 64.0 Å². The molecule has 3 saturated heterocycles. The molecule has 1 aromatic heterocycles. The van der Waals surface area contributed by atoms with Gasteiger partial charge < -0.3 is 46.5 Å². The highest BCUT2D eigenvalue weighted by molar-refractivity contribution is 5.99. The van der Waals surface area contributed by atoms with Crippen LogP contribution >= 0.6 is 0 Å². The standard InChI is InChI=1S/C42H54N8O8/c1-24(2)19-30-38(54)48-36(25(3)51)42(58)50-18-9-15-33(50)39(55)44-23-35(52)45-32(20-26-11-5-4-6-12-26)41(57)49-17-10-16-34(49)40(56)47-31(37(53)46-30)21-27-22-43-29-14-8-7-13-28(27)29/h4-8,11-14,22,24-25,30-34,36,43,51H,9-10,15-21,23H2,1-3H3,(H,44,55)(H,45,52)(H,46,53)(H,47,56)(H,48,54). The topological polar surface area (TPSA) is 222 Å². The third-order valence-electron chi connectivity index (χ3n) is 11.1. The molecule has 0 saturated carbocycles. The number of aliphatic hydroxyl groups excluding tert-OH is 1. The first-order chi connectivity index (χ1) is 27.8. The van der Waals surface area contributed by atoms with E-state index in [0.29, 0.717) is 19.3 Å². The number of fused-ring (bicyclic) bond motifs is 3. The van der Waals surface area contributed by atoms with Crippen LogP contribution in [-0.4, -0.2) is 123 Å². The Bertz CT molecular complexity index is 2000. The lowest BCUT2D eigenvalue weighted by Gasteiger charge is -2.31. The number of rotatable bonds is 7. The second-order valence-corrected chi connectivity index (χ2v) is 15.9. The second kappa shape index (κ2) is 18.7. The highest BCUT2D eigenvalue weighted by Crippen LogP contribution is 2.23. The number of benzene rings is 2. The number of hydrogen-bond acceptors (Lipinski definition) is 8. The van der Waals surface area contributed by atoms with Crippen molar-refractivity contribution in [2.24, 2.45) is 5.92 Å². The molecule has 3 aliphatic heterocycles. The van der Waals surface area contributed by atoms with Crippen molar-refractivity contribution in [2.45, 2.75) is 108 Å². The first-order valence-corrected chi connectivity index (χ1v) is 20.2. The molecular formula is C42H54N8O8. The van der Waals surface area contributed by atoms with Crippen LogP contribution in [0.2, 0.25) is 0 Å². The van der Waals surface area contributed by atoms with Crippen LogP contribution in [0, 0.1) is 5.92 Å². The molecule has 3 fully saturated rings. The van der Waals surface area contributed by atoms with Gasteiger partial charge in [-0.25, -0.2) is 0 Å². The van der Waals surface area contributed by atoms with Gasteiger partial charge in [0.25, 0.3) is 0 Å². The van der Waals surface area contributed by atoms with Gasteiger partial charge in [0.2, 0.25) is 41.4 Å². The van der Waals surface area contributed by atoms with E-state index in [-0.39, 0.29) is 44.7 Å². The van der Waals surface area contributed by atoms with Crippen LogP contribution in [0.3, 0.4) is 0 Å². The number of amides is 7.